The Labute approximate surface area is 206 Å². The fourth-order valence-corrected chi connectivity index (χ4v) is 5.17. The van der Waals surface area contributed by atoms with E-state index in [0.29, 0.717) is 5.92 Å². The fraction of sp³-hybridized carbons (Fsp3) is 0.969. The van der Waals surface area contributed by atoms with Gasteiger partial charge in [0.1, 0.15) is 0 Å². The van der Waals surface area contributed by atoms with Crippen molar-refractivity contribution < 1.29 is 0 Å². The van der Waals surface area contributed by atoms with E-state index in [4.69, 9.17) is 0 Å². The fourth-order valence-electron chi connectivity index (χ4n) is 5.17. The van der Waals surface area contributed by atoms with Crippen molar-refractivity contribution in [3.63, 3.8) is 0 Å². The molecule has 0 aromatic carbocycles. The van der Waals surface area contributed by atoms with Crippen LogP contribution < -0.4 is 0 Å². The van der Waals surface area contributed by atoms with E-state index < -0.39 is 0 Å². The van der Waals surface area contributed by atoms with E-state index in [1.165, 1.54) is 141 Å². The zero-order chi connectivity index (χ0) is 23.9. The van der Waals surface area contributed by atoms with Crippen LogP contribution in [0.2, 0.25) is 0 Å². The zero-order valence-corrected chi connectivity index (χ0v) is 23.6. The van der Waals surface area contributed by atoms with Crippen LogP contribution in [0.4, 0.5) is 0 Å². The molecule has 32 heavy (non-hydrogen) atoms. The van der Waals surface area contributed by atoms with Gasteiger partial charge in [0.2, 0.25) is 0 Å². The summed E-state index contributed by atoms with van der Waals surface area (Å²) in [5.74, 6) is 3.28. The van der Waals surface area contributed by atoms with E-state index in [-0.39, 0.29) is 0 Å². The lowest BCUT2D eigenvalue weighted by Gasteiger charge is -2.22. The van der Waals surface area contributed by atoms with Crippen LogP contribution in [0.25, 0.3) is 0 Å². The standard InChI is InChI=1S/C32H65/c1-7-9-11-13-14-15-16-17-19-21-24-30(4)27-28-32(6)31(5)26-22-25-29(3)23-20-18-12-10-8-2/h29-32H,6-28H2,1-5H3. The molecule has 0 N–H and O–H groups in total. The maximum atomic E-state index is 4.54. The third-order valence-corrected chi connectivity index (χ3v) is 8.04. The largest absolute Gasteiger partial charge is 0.0654 e. The molecule has 0 aliphatic heterocycles. The topological polar surface area (TPSA) is 0 Å². The highest BCUT2D eigenvalue weighted by molar-refractivity contribution is 4.71. The Kier molecular flexibility index (Phi) is 24.1. The number of hydrogen-bond donors (Lipinski definition) is 0. The van der Waals surface area contributed by atoms with Gasteiger partial charge in [-0.15, -0.1) is 0 Å². The Morgan fingerprint density at radius 3 is 1.25 bits per heavy atom. The molecule has 0 heteroatoms. The molecule has 0 rings (SSSR count). The highest BCUT2D eigenvalue weighted by atomic mass is 14.2. The number of hydrogen-bond acceptors (Lipinski definition) is 0. The number of rotatable bonds is 25. The van der Waals surface area contributed by atoms with E-state index in [0.717, 1.165) is 17.8 Å². The van der Waals surface area contributed by atoms with Gasteiger partial charge in [0.15, 0.2) is 0 Å². The van der Waals surface area contributed by atoms with Crippen molar-refractivity contribution in [1.29, 1.82) is 0 Å². The molecule has 0 saturated heterocycles. The SMILES string of the molecule is [CH2]C(CCC(C)CCCCCCCCCCCC)C(C)CCCC(C)CCCCCCC. The molecular formula is C32H65. The molecule has 0 heterocycles. The molecule has 0 aliphatic rings. The lowest BCUT2D eigenvalue weighted by molar-refractivity contribution is 0.318. The van der Waals surface area contributed by atoms with Crippen molar-refractivity contribution in [2.75, 3.05) is 0 Å². The molecule has 4 unspecified atom stereocenters. The van der Waals surface area contributed by atoms with Crippen molar-refractivity contribution >= 4 is 0 Å². The summed E-state index contributed by atoms with van der Waals surface area (Å²) < 4.78 is 0. The molecule has 0 aliphatic carbocycles. The second-order valence-electron chi connectivity index (χ2n) is 11.6. The minimum atomic E-state index is 0.662. The predicted molar refractivity (Wildman–Crippen MR) is 149 cm³/mol. The van der Waals surface area contributed by atoms with Gasteiger partial charge in [0, 0.05) is 0 Å². The second kappa shape index (κ2) is 24.1. The van der Waals surface area contributed by atoms with Crippen molar-refractivity contribution in [2.24, 2.45) is 23.7 Å². The molecule has 0 amide bonds. The molecule has 0 spiro atoms. The number of unbranched alkanes of at least 4 members (excludes halogenated alkanes) is 13. The molecule has 0 nitrogen and oxygen atoms in total. The van der Waals surface area contributed by atoms with Crippen LogP contribution in [0.15, 0.2) is 0 Å². The Balaban J connectivity index is 3.56. The minimum absolute atomic E-state index is 0.662. The molecular weight excluding hydrogens is 384 g/mol. The summed E-state index contributed by atoms with van der Waals surface area (Å²) in [5, 5.41) is 0. The Hall–Kier alpha value is 0. The second-order valence-corrected chi connectivity index (χ2v) is 11.6. The van der Waals surface area contributed by atoms with Crippen molar-refractivity contribution in [3.8, 4) is 0 Å². The van der Waals surface area contributed by atoms with E-state index in [1.807, 2.05) is 0 Å². The molecule has 0 aromatic rings. The summed E-state index contributed by atoms with van der Waals surface area (Å²) in [6.45, 7) is 16.6. The average molecular weight is 450 g/mol. The summed E-state index contributed by atoms with van der Waals surface area (Å²) >= 11 is 0. The van der Waals surface area contributed by atoms with Gasteiger partial charge in [0.25, 0.3) is 0 Å². The summed E-state index contributed by atoms with van der Waals surface area (Å²) in [6.07, 6.45) is 31.5. The quantitative estimate of drug-likeness (QED) is 0.121. The van der Waals surface area contributed by atoms with Crippen LogP contribution >= 0.6 is 0 Å². The van der Waals surface area contributed by atoms with Crippen LogP contribution in [0, 0.1) is 30.6 Å². The maximum absolute atomic E-state index is 4.54. The first kappa shape index (κ1) is 32.0. The molecule has 1 radical (unpaired) electrons. The van der Waals surface area contributed by atoms with Gasteiger partial charge in [-0.3, -0.25) is 0 Å². The van der Waals surface area contributed by atoms with Crippen LogP contribution in [0.3, 0.4) is 0 Å². The van der Waals surface area contributed by atoms with Crippen molar-refractivity contribution in [2.45, 2.75) is 176 Å². The first-order chi connectivity index (χ1) is 15.5. The third kappa shape index (κ3) is 21.8. The van der Waals surface area contributed by atoms with Gasteiger partial charge >= 0.3 is 0 Å². The highest BCUT2D eigenvalue weighted by Crippen LogP contribution is 2.27. The smallest absolute Gasteiger partial charge is 0.0388 e. The molecule has 0 saturated carbocycles. The van der Waals surface area contributed by atoms with E-state index in [9.17, 15) is 0 Å². The van der Waals surface area contributed by atoms with Gasteiger partial charge < -0.3 is 0 Å². The first-order valence-electron chi connectivity index (χ1n) is 15.3. The van der Waals surface area contributed by atoms with Crippen molar-refractivity contribution in [1.82, 2.24) is 0 Å². The third-order valence-electron chi connectivity index (χ3n) is 8.04. The van der Waals surface area contributed by atoms with E-state index in [2.05, 4.69) is 41.5 Å². The highest BCUT2D eigenvalue weighted by Gasteiger charge is 2.14. The monoisotopic (exact) mass is 450 g/mol. The summed E-state index contributed by atoms with van der Waals surface area (Å²) in [5.41, 5.74) is 0. The van der Waals surface area contributed by atoms with Crippen LogP contribution in [0.5, 0.6) is 0 Å². The predicted octanol–water partition coefficient (Wildman–Crippen LogP) is 12.0. The van der Waals surface area contributed by atoms with Gasteiger partial charge in [-0.25, -0.2) is 0 Å². The Bertz CT molecular complexity index is 346. The first-order valence-corrected chi connectivity index (χ1v) is 15.3. The Morgan fingerprint density at radius 1 is 0.406 bits per heavy atom. The Morgan fingerprint density at radius 2 is 0.781 bits per heavy atom. The lowest BCUT2D eigenvalue weighted by Crippen LogP contribution is -2.10. The maximum Gasteiger partial charge on any atom is -0.0388 e. The molecule has 0 aromatic heterocycles. The van der Waals surface area contributed by atoms with Crippen LogP contribution in [-0.2, 0) is 0 Å². The van der Waals surface area contributed by atoms with Gasteiger partial charge in [0.05, 0.1) is 0 Å². The normalized spacial score (nSPS) is 15.6. The summed E-state index contributed by atoms with van der Waals surface area (Å²) in [4.78, 5) is 0. The molecule has 0 fully saturated rings. The van der Waals surface area contributed by atoms with Gasteiger partial charge in [-0.05, 0) is 37.0 Å². The summed E-state index contributed by atoms with van der Waals surface area (Å²) in [6, 6.07) is 0. The van der Waals surface area contributed by atoms with Crippen molar-refractivity contribution in [3.05, 3.63) is 6.92 Å². The van der Waals surface area contributed by atoms with Crippen LogP contribution in [-0.4, -0.2) is 0 Å². The molecule has 0 bridgehead atoms. The van der Waals surface area contributed by atoms with Crippen LogP contribution in [0.1, 0.15) is 176 Å². The van der Waals surface area contributed by atoms with E-state index in [1.54, 1.807) is 0 Å². The van der Waals surface area contributed by atoms with Gasteiger partial charge in [-0.2, -0.15) is 0 Å². The lowest BCUT2D eigenvalue weighted by atomic mass is 9.84. The van der Waals surface area contributed by atoms with E-state index >= 15 is 0 Å². The minimum Gasteiger partial charge on any atom is -0.0654 e. The average Bonchev–Trinajstić information content (AvgIpc) is 2.78. The summed E-state index contributed by atoms with van der Waals surface area (Å²) in [7, 11) is 0. The zero-order valence-electron chi connectivity index (χ0n) is 23.6. The van der Waals surface area contributed by atoms with Gasteiger partial charge in [-0.1, -0.05) is 169 Å². The molecule has 193 valence electrons. The molecule has 4 atom stereocenters.